The van der Waals surface area contributed by atoms with Crippen molar-refractivity contribution >= 4 is 23.2 Å². The van der Waals surface area contributed by atoms with Gasteiger partial charge in [-0.05, 0) is 24.6 Å². The lowest BCUT2D eigenvalue weighted by Gasteiger charge is -2.23. The first kappa shape index (κ1) is 24.8. The molecule has 0 aromatic carbocycles. The Labute approximate surface area is 212 Å². The van der Waals surface area contributed by atoms with E-state index in [4.69, 9.17) is 21.1 Å². The Morgan fingerprint density at radius 3 is 2.57 bits per heavy atom. The number of amides is 1. The first-order valence-electron chi connectivity index (χ1n) is 10.9. The normalized spacial score (nSPS) is 16.1. The molecule has 0 unspecified atom stereocenters. The van der Waals surface area contributed by atoms with E-state index in [1.165, 1.54) is 36.9 Å². The Bertz CT molecular complexity index is 1440. The highest BCUT2D eigenvalue weighted by Gasteiger charge is 2.41. The smallest absolute Gasteiger partial charge is 0.376 e. The van der Waals surface area contributed by atoms with Crippen molar-refractivity contribution in [1.82, 2.24) is 34.7 Å². The lowest BCUT2D eigenvalue weighted by Crippen LogP contribution is -2.24. The Balaban J connectivity index is 1.48. The van der Waals surface area contributed by atoms with E-state index in [9.17, 15) is 18.0 Å². The largest absolute Gasteiger partial charge is 0.434 e. The van der Waals surface area contributed by atoms with Gasteiger partial charge < -0.3 is 14.8 Å². The van der Waals surface area contributed by atoms with Gasteiger partial charge in [0.05, 0.1) is 72.3 Å². The second-order valence-corrected chi connectivity index (χ2v) is 8.36. The van der Waals surface area contributed by atoms with Gasteiger partial charge in [-0.25, -0.2) is 9.67 Å². The maximum Gasteiger partial charge on any atom is 0.434 e. The highest BCUT2D eigenvalue weighted by atomic mass is 35.5. The summed E-state index contributed by atoms with van der Waals surface area (Å²) in [6, 6.07) is 2.78. The average molecular weight is 535 g/mol. The molecule has 37 heavy (non-hydrogen) atoms. The third-order valence-electron chi connectivity index (χ3n) is 5.44. The molecule has 1 amide bonds. The van der Waals surface area contributed by atoms with Gasteiger partial charge in [-0.15, -0.1) is 4.80 Å². The van der Waals surface area contributed by atoms with Crippen LogP contribution in [-0.2, 0) is 15.7 Å². The summed E-state index contributed by atoms with van der Waals surface area (Å²) in [5.74, 6) is -0.859. The van der Waals surface area contributed by atoms with Gasteiger partial charge in [0.15, 0.2) is 11.5 Å². The molecule has 1 N–H and O–H groups in total. The number of alkyl halides is 3. The van der Waals surface area contributed by atoms with Crippen molar-refractivity contribution < 1.29 is 27.4 Å². The SMILES string of the molecule is Cc1cnc([C@@H]2COCCO2)cc1-n1ncc(C(=O)Nc2cnc(-n3nccn3)c(Cl)c2)c1C(F)(F)F. The molecule has 0 saturated carbocycles. The topological polar surface area (TPSA) is 122 Å². The lowest BCUT2D eigenvalue weighted by molar-refractivity contribution is -0.143. The zero-order chi connectivity index (χ0) is 26.2. The fraction of sp³-hybridized carbons (Fsp3) is 0.273. The number of hydrogen-bond donors (Lipinski definition) is 1. The second kappa shape index (κ2) is 9.88. The van der Waals surface area contributed by atoms with E-state index in [1.54, 1.807) is 6.92 Å². The predicted octanol–water partition coefficient (Wildman–Crippen LogP) is 3.56. The zero-order valence-corrected chi connectivity index (χ0v) is 19.9. The van der Waals surface area contributed by atoms with E-state index in [-0.39, 0.29) is 28.8 Å². The molecular weight excluding hydrogens is 517 g/mol. The molecule has 5 heterocycles. The molecular formula is C22H18ClF3N8O3. The third-order valence-corrected chi connectivity index (χ3v) is 5.72. The molecule has 0 bridgehead atoms. The fourth-order valence-electron chi connectivity index (χ4n) is 3.73. The van der Waals surface area contributed by atoms with Crippen molar-refractivity contribution in [2.24, 2.45) is 0 Å². The van der Waals surface area contributed by atoms with Crippen molar-refractivity contribution in [3.63, 3.8) is 0 Å². The van der Waals surface area contributed by atoms with Crippen LogP contribution in [0.4, 0.5) is 18.9 Å². The molecule has 192 valence electrons. The molecule has 0 spiro atoms. The van der Waals surface area contributed by atoms with Crippen LogP contribution in [0.25, 0.3) is 11.5 Å². The van der Waals surface area contributed by atoms with Crippen molar-refractivity contribution in [3.05, 3.63) is 70.7 Å². The summed E-state index contributed by atoms with van der Waals surface area (Å²) < 4.78 is 54.4. The molecule has 0 radical (unpaired) electrons. The quantitative estimate of drug-likeness (QED) is 0.412. The number of hydrogen-bond acceptors (Lipinski definition) is 8. The number of pyridine rings is 2. The molecule has 1 saturated heterocycles. The molecule has 1 fully saturated rings. The van der Waals surface area contributed by atoms with Gasteiger partial charge in [0.2, 0.25) is 0 Å². The molecule has 4 aromatic heterocycles. The van der Waals surface area contributed by atoms with Gasteiger partial charge in [0, 0.05) is 6.20 Å². The highest BCUT2D eigenvalue weighted by Crippen LogP contribution is 2.35. The Kier molecular flexibility index (Phi) is 6.62. The molecule has 4 aromatic rings. The molecule has 1 aliphatic heterocycles. The van der Waals surface area contributed by atoms with E-state index in [0.717, 1.165) is 11.0 Å². The van der Waals surface area contributed by atoms with Crippen LogP contribution in [0.5, 0.6) is 0 Å². The van der Waals surface area contributed by atoms with Crippen molar-refractivity contribution in [1.29, 1.82) is 0 Å². The van der Waals surface area contributed by atoms with E-state index in [1.807, 2.05) is 0 Å². The zero-order valence-electron chi connectivity index (χ0n) is 19.1. The predicted molar refractivity (Wildman–Crippen MR) is 123 cm³/mol. The van der Waals surface area contributed by atoms with Crippen molar-refractivity contribution in [2.75, 3.05) is 25.1 Å². The minimum atomic E-state index is -4.91. The Morgan fingerprint density at radius 2 is 1.89 bits per heavy atom. The molecule has 1 aliphatic rings. The lowest BCUT2D eigenvalue weighted by atomic mass is 10.1. The first-order chi connectivity index (χ1) is 17.7. The summed E-state index contributed by atoms with van der Waals surface area (Å²) in [6.45, 7) is 2.58. The van der Waals surface area contributed by atoms with Crippen molar-refractivity contribution in [2.45, 2.75) is 19.2 Å². The average Bonchev–Trinajstić information content (AvgIpc) is 3.55. The van der Waals surface area contributed by atoms with Crippen LogP contribution in [0.15, 0.2) is 43.1 Å². The van der Waals surface area contributed by atoms with E-state index in [0.29, 0.717) is 29.2 Å². The number of aryl methyl sites for hydroxylation is 1. The minimum absolute atomic E-state index is 0.0728. The van der Waals surface area contributed by atoms with E-state index >= 15 is 0 Å². The van der Waals surface area contributed by atoms with Crippen LogP contribution >= 0.6 is 11.6 Å². The summed E-state index contributed by atoms with van der Waals surface area (Å²) in [5, 5.41) is 14.2. The van der Waals surface area contributed by atoms with Gasteiger partial charge >= 0.3 is 6.18 Å². The van der Waals surface area contributed by atoms with Gasteiger partial charge in [-0.3, -0.25) is 9.78 Å². The number of nitrogens with zero attached hydrogens (tertiary/aromatic N) is 7. The van der Waals surface area contributed by atoms with Gasteiger partial charge in [-0.1, -0.05) is 11.6 Å². The molecule has 5 rings (SSSR count). The molecule has 1 atom stereocenters. The van der Waals surface area contributed by atoms with E-state index < -0.39 is 29.4 Å². The van der Waals surface area contributed by atoms with Crippen LogP contribution in [0, 0.1) is 6.92 Å². The van der Waals surface area contributed by atoms with Crippen molar-refractivity contribution in [3.8, 4) is 11.5 Å². The Hall–Kier alpha value is -3.88. The summed E-state index contributed by atoms with van der Waals surface area (Å²) in [4.78, 5) is 22.4. The number of rotatable bonds is 5. The summed E-state index contributed by atoms with van der Waals surface area (Å²) >= 11 is 6.20. The van der Waals surface area contributed by atoms with Gasteiger partial charge in [0.1, 0.15) is 6.10 Å². The van der Waals surface area contributed by atoms with E-state index in [2.05, 4.69) is 30.6 Å². The minimum Gasteiger partial charge on any atom is -0.376 e. The van der Waals surface area contributed by atoms with Crippen LogP contribution in [0.2, 0.25) is 5.02 Å². The van der Waals surface area contributed by atoms with Crippen LogP contribution < -0.4 is 5.32 Å². The number of ether oxygens (including phenoxy) is 2. The summed E-state index contributed by atoms with van der Waals surface area (Å²) in [7, 11) is 0. The standard InChI is InChI=1S/C22H18ClF3N8O3/c1-12-8-27-16(18-11-36-4-5-37-18)7-17(12)33-19(22(24,25)26)14(10-31-33)21(35)32-13-6-15(23)20(28-9-13)34-29-2-3-30-34/h2-3,6-10,18H,4-5,11H2,1H3,(H,32,35)/t18-/m0/s1. The maximum atomic E-state index is 14.2. The highest BCUT2D eigenvalue weighted by molar-refractivity contribution is 6.32. The molecule has 15 heteroatoms. The Morgan fingerprint density at radius 1 is 1.11 bits per heavy atom. The first-order valence-corrected chi connectivity index (χ1v) is 11.2. The number of nitrogens with one attached hydrogen (secondary N) is 1. The molecule has 0 aliphatic carbocycles. The van der Waals surface area contributed by atoms with Crippen LogP contribution in [0.1, 0.15) is 33.4 Å². The number of carbonyl (C=O) groups excluding carboxylic acids is 1. The summed E-state index contributed by atoms with van der Waals surface area (Å²) in [5.41, 5.74) is -0.948. The summed E-state index contributed by atoms with van der Waals surface area (Å²) in [6.07, 6.45) is 0.919. The fourth-order valence-corrected chi connectivity index (χ4v) is 3.97. The number of carbonyl (C=O) groups is 1. The van der Waals surface area contributed by atoms with Gasteiger partial charge in [-0.2, -0.15) is 28.5 Å². The number of anilines is 1. The number of halogens is 4. The maximum absolute atomic E-state index is 14.2. The third kappa shape index (κ3) is 5.03. The monoisotopic (exact) mass is 534 g/mol. The molecule has 11 nitrogen and oxygen atoms in total. The number of aromatic nitrogens is 7. The van der Waals surface area contributed by atoms with Crippen LogP contribution in [-0.4, -0.2) is 60.5 Å². The van der Waals surface area contributed by atoms with Gasteiger partial charge in [0.25, 0.3) is 5.91 Å². The van der Waals surface area contributed by atoms with Crippen LogP contribution in [0.3, 0.4) is 0 Å². The second-order valence-electron chi connectivity index (χ2n) is 7.95.